The van der Waals surface area contributed by atoms with E-state index in [1.54, 1.807) is 10.6 Å². The summed E-state index contributed by atoms with van der Waals surface area (Å²) >= 11 is 2.84. The third-order valence-corrected chi connectivity index (χ3v) is 6.93. The van der Waals surface area contributed by atoms with Crippen LogP contribution in [0.2, 0.25) is 0 Å². The van der Waals surface area contributed by atoms with Gasteiger partial charge in [-0.05, 0) is 51.3 Å². The van der Waals surface area contributed by atoms with Crippen LogP contribution in [-0.4, -0.2) is 21.1 Å². The molecule has 1 aromatic carbocycles. The SMILES string of the molecule is C=CCn1c(SCC(=O)c2c(C)cc(C)cc2C)nc2sc(C)c(C)c2c1=O. The molecule has 2 heterocycles. The zero-order chi connectivity index (χ0) is 20.6. The Balaban J connectivity index is 1.98. The largest absolute Gasteiger partial charge is 0.293 e. The van der Waals surface area contributed by atoms with Gasteiger partial charge >= 0.3 is 0 Å². The van der Waals surface area contributed by atoms with Gasteiger partial charge in [-0.2, -0.15) is 0 Å². The van der Waals surface area contributed by atoms with Gasteiger partial charge in [-0.1, -0.05) is 35.5 Å². The molecule has 0 N–H and O–H groups in total. The van der Waals surface area contributed by atoms with Crippen molar-refractivity contribution in [1.82, 2.24) is 9.55 Å². The lowest BCUT2D eigenvalue weighted by molar-refractivity contribution is 0.102. The molecule has 4 nitrogen and oxygen atoms in total. The van der Waals surface area contributed by atoms with Gasteiger partial charge in [0.05, 0.1) is 11.1 Å². The molecule has 0 aliphatic rings. The molecule has 0 saturated heterocycles. The average Bonchev–Trinajstić information content (AvgIpc) is 2.89. The fourth-order valence-electron chi connectivity index (χ4n) is 3.53. The topological polar surface area (TPSA) is 52.0 Å². The van der Waals surface area contributed by atoms with Crippen LogP contribution in [0.4, 0.5) is 0 Å². The van der Waals surface area contributed by atoms with Crippen molar-refractivity contribution in [3.63, 3.8) is 0 Å². The minimum Gasteiger partial charge on any atom is -0.293 e. The van der Waals surface area contributed by atoms with E-state index in [-0.39, 0.29) is 17.1 Å². The highest BCUT2D eigenvalue weighted by Gasteiger charge is 2.19. The lowest BCUT2D eigenvalue weighted by Crippen LogP contribution is -2.23. The fraction of sp³-hybridized carbons (Fsp3) is 0.318. The number of fused-ring (bicyclic) bond motifs is 1. The molecule has 28 heavy (non-hydrogen) atoms. The van der Waals surface area contributed by atoms with Gasteiger partial charge in [0.15, 0.2) is 10.9 Å². The van der Waals surface area contributed by atoms with Gasteiger partial charge in [-0.25, -0.2) is 4.98 Å². The van der Waals surface area contributed by atoms with Gasteiger partial charge in [0.2, 0.25) is 0 Å². The number of aryl methyl sites for hydroxylation is 5. The second-order valence-corrected chi connectivity index (χ2v) is 9.19. The van der Waals surface area contributed by atoms with Gasteiger partial charge in [0.25, 0.3) is 5.56 Å². The number of benzene rings is 1. The minimum atomic E-state index is -0.0654. The highest BCUT2D eigenvalue weighted by atomic mass is 32.2. The van der Waals surface area contributed by atoms with Crippen LogP contribution in [0.3, 0.4) is 0 Å². The van der Waals surface area contributed by atoms with Crippen molar-refractivity contribution in [2.45, 2.75) is 46.3 Å². The van der Waals surface area contributed by atoms with Crippen molar-refractivity contribution in [3.05, 3.63) is 67.8 Å². The molecule has 0 atom stereocenters. The van der Waals surface area contributed by atoms with Crippen LogP contribution in [0.5, 0.6) is 0 Å². The van der Waals surface area contributed by atoms with Crippen LogP contribution in [0.25, 0.3) is 10.2 Å². The van der Waals surface area contributed by atoms with E-state index in [2.05, 4.69) is 6.58 Å². The zero-order valence-corrected chi connectivity index (χ0v) is 18.5. The molecule has 0 aliphatic carbocycles. The number of aromatic nitrogens is 2. The van der Waals surface area contributed by atoms with Crippen molar-refractivity contribution in [3.8, 4) is 0 Å². The molecule has 0 fully saturated rings. The molecule has 146 valence electrons. The molecular weight excluding hydrogens is 388 g/mol. The summed E-state index contributed by atoms with van der Waals surface area (Å²) in [6, 6.07) is 4.06. The number of nitrogens with zero attached hydrogens (tertiary/aromatic N) is 2. The van der Waals surface area contributed by atoms with Crippen molar-refractivity contribution < 1.29 is 4.79 Å². The monoisotopic (exact) mass is 412 g/mol. The second-order valence-electron chi connectivity index (χ2n) is 7.05. The number of thioether (sulfide) groups is 1. The number of thiophene rings is 1. The van der Waals surface area contributed by atoms with Crippen molar-refractivity contribution in [1.29, 1.82) is 0 Å². The third kappa shape index (κ3) is 3.71. The summed E-state index contributed by atoms with van der Waals surface area (Å²) in [5.41, 5.74) is 4.80. The zero-order valence-electron chi connectivity index (χ0n) is 16.9. The maximum Gasteiger partial charge on any atom is 0.263 e. The number of Topliss-reactive ketones (excluding diaryl/α,β-unsaturated/α-hetero) is 1. The van der Waals surface area contributed by atoms with Crippen LogP contribution in [0, 0.1) is 34.6 Å². The summed E-state index contributed by atoms with van der Waals surface area (Å²) in [5.74, 6) is 0.293. The van der Waals surface area contributed by atoms with E-state index in [4.69, 9.17) is 4.98 Å². The number of carbonyl (C=O) groups excluding carboxylic acids is 1. The fourth-order valence-corrected chi connectivity index (χ4v) is 5.48. The first-order valence-electron chi connectivity index (χ1n) is 9.09. The number of rotatable bonds is 6. The van der Waals surface area contributed by atoms with E-state index < -0.39 is 0 Å². The van der Waals surface area contributed by atoms with Gasteiger partial charge in [-0.15, -0.1) is 17.9 Å². The van der Waals surface area contributed by atoms with E-state index in [0.717, 1.165) is 37.5 Å². The Kier molecular flexibility index (Phi) is 5.91. The minimum absolute atomic E-state index is 0.0537. The maximum atomic E-state index is 13.0. The second kappa shape index (κ2) is 8.05. The Morgan fingerprint density at radius 3 is 2.46 bits per heavy atom. The molecule has 0 spiro atoms. The summed E-state index contributed by atoms with van der Waals surface area (Å²) in [4.78, 5) is 32.4. The summed E-state index contributed by atoms with van der Waals surface area (Å²) in [7, 11) is 0. The molecular formula is C22H24N2O2S2. The van der Waals surface area contributed by atoms with Crippen LogP contribution < -0.4 is 5.56 Å². The van der Waals surface area contributed by atoms with Crippen LogP contribution >= 0.6 is 23.1 Å². The first kappa shape index (κ1) is 20.6. The molecule has 3 rings (SSSR count). The maximum absolute atomic E-state index is 13.0. The Morgan fingerprint density at radius 1 is 1.21 bits per heavy atom. The highest BCUT2D eigenvalue weighted by Crippen LogP contribution is 2.29. The molecule has 2 aromatic heterocycles. The normalized spacial score (nSPS) is 11.2. The smallest absolute Gasteiger partial charge is 0.263 e. The summed E-state index contributed by atoms with van der Waals surface area (Å²) in [6.07, 6.45) is 1.68. The number of carbonyl (C=O) groups is 1. The lowest BCUT2D eigenvalue weighted by atomic mass is 9.97. The van der Waals surface area contributed by atoms with Crippen molar-refractivity contribution in [2.24, 2.45) is 0 Å². The molecule has 0 radical (unpaired) electrons. The van der Waals surface area contributed by atoms with Gasteiger partial charge in [0, 0.05) is 17.0 Å². The van der Waals surface area contributed by atoms with Crippen LogP contribution in [0.1, 0.15) is 37.5 Å². The van der Waals surface area contributed by atoms with Gasteiger partial charge < -0.3 is 0 Å². The molecule has 0 bridgehead atoms. The first-order chi connectivity index (χ1) is 13.2. The third-order valence-electron chi connectivity index (χ3n) is 4.85. The van der Waals surface area contributed by atoms with E-state index in [9.17, 15) is 9.59 Å². The number of allylic oxidation sites excluding steroid dienone is 1. The number of ketones is 1. The first-order valence-corrected chi connectivity index (χ1v) is 10.9. The highest BCUT2D eigenvalue weighted by molar-refractivity contribution is 7.99. The average molecular weight is 413 g/mol. The Bertz CT molecular complexity index is 1130. The molecule has 6 heteroatoms. The molecule has 0 unspecified atom stereocenters. The molecule has 3 aromatic rings. The molecule has 0 amide bonds. The number of hydrogen-bond donors (Lipinski definition) is 0. The summed E-state index contributed by atoms with van der Waals surface area (Å²) < 4.78 is 1.61. The van der Waals surface area contributed by atoms with Crippen molar-refractivity contribution >= 4 is 39.1 Å². The van der Waals surface area contributed by atoms with E-state index in [1.807, 2.05) is 46.8 Å². The number of hydrogen-bond acceptors (Lipinski definition) is 5. The van der Waals surface area contributed by atoms with Crippen LogP contribution in [0.15, 0.2) is 34.7 Å². The van der Waals surface area contributed by atoms with Crippen molar-refractivity contribution in [2.75, 3.05) is 5.75 Å². The summed E-state index contributed by atoms with van der Waals surface area (Å²) in [5, 5.41) is 1.24. The van der Waals surface area contributed by atoms with E-state index in [0.29, 0.717) is 17.1 Å². The standard InChI is InChI=1S/C22H24N2O2S2/c1-7-8-24-21(26)19-15(5)16(6)28-20(19)23-22(24)27-11-17(25)18-13(3)9-12(2)10-14(18)4/h7,9-10H,1,8,11H2,2-6H3. The summed E-state index contributed by atoms with van der Waals surface area (Å²) in [6.45, 7) is 14.0. The van der Waals surface area contributed by atoms with Crippen LogP contribution in [-0.2, 0) is 6.54 Å². The van der Waals surface area contributed by atoms with Gasteiger partial charge in [0.1, 0.15) is 4.83 Å². The lowest BCUT2D eigenvalue weighted by Gasteiger charge is -2.12. The molecule has 0 aliphatic heterocycles. The Labute approximate surface area is 173 Å². The quantitative estimate of drug-likeness (QED) is 0.243. The Hall–Kier alpha value is -2.18. The Morgan fingerprint density at radius 2 is 1.86 bits per heavy atom. The predicted molar refractivity (Wildman–Crippen MR) is 119 cm³/mol. The van der Waals surface area contributed by atoms with E-state index in [1.165, 1.54) is 23.1 Å². The van der Waals surface area contributed by atoms with Gasteiger partial charge in [-0.3, -0.25) is 14.2 Å². The predicted octanol–water partition coefficient (Wildman–Crippen LogP) is 5.16. The van der Waals surface area contributed by atoms with E-state index >= 15 is 0 Å². The molecule has 0 saturated carbocycles.